The van der Waals surface area contributed by atoms with E-state index < -0.39 is 17.5 Å². The number of urea groups is 1. The number of aromatic nitrogens is 1. The monoisotopic (exact) mass is 485 g/mol. The van der Waals surface area contributed by atoms with E-state index in [0.717, 1.165) is 39.8 Å². The topological polar surface area (TPSA) is 104 Å². The van der Waals surface area contributed by atoms with Crippen molar-refractivity contribution < 1.29 is 19.1 Å². The van der Waals surface area contributed by atoms with E-state index in [0.29, 0.717) is 37.7 Å². The predicted octanol–water partition coefficient (Wildman–Crippen LogP) is 3.21. The molecule has 1 aromatic carbocycles. The number of amides is 4. The van der Waals surface area contributed by atoms with Gasteiger partial charge in [-0.2, -0.15) is 0 Å². The molecule has 0 radical (unpaired) electrons. The van der Waals surface area contributed by atoms with Crippen LogP contribution in [0.15, 0.2) is 18.2 Å². The Labute approximate surface area is 202 Å². The normalized spacial score (nSPS) is 26.9. The molecule has 9 nitrogen and oxygen atoms in total. The zero-order valence-electron chi connectivity index (χ0n) is 19.8. The molecule has 34 heavy (non-hydrogen) atoms. The van der Waals surface area contributed by atoms with Crippen LogP contribution >= 0.6 is 11.3 Å². The zero-order chi connectivity index (χ0) is 24.1. The summed E-state index contributed by atoms with van der Waals surface area (Å²) in [7, 11) is 0. The van der Waals surface area contributed by atoms with Gasteiger partial charge in [0.25, 0.3) is 5.91 Å². The van der Waals surface area contributed by atoms with Crippen molar-refractivity contribution in [3.8, 4) is 0 Å². The highest BCUT2D eigenvalue weighted by atomic mass is 32.1. The van der Waals surface area contributed by atoms with Crippen LogP contribution in [0.1, 0.15) is 40.0 Å². The summed E-state index contributed by atoms with van der Waals surface area (Å²) in [5.74, 6) is -0.378. The third kappa shape index (κ3) is 4.36. The fraction of sp³-hybridized carbons (Fsp3) is 0.583. The van der Waals surface area contributed by atoms with Crippen LogP contribution in [0.4, 0.5) is 15.6 Å². The summed E-state index contributed by atoms with van der Waals surface area (Å²) in [5.41, 5.74) is 0.525. The second-order valence-corrected chi connectivity index (χ2v) is 11.6. The fourth-order valence-electron chi connectivity index (χ4n) is 5.87. The van der Waals surface area contributed by atoms with Gasteiger partial charge < -0.3 is 20.3 Å². The lowest BCUT2D eigenvalue weighted by Crippen LogP contribution is -2.54. The second-order valence-electron chi connectivity index (χ2n) is 10.6. The van der Waals surface area contributed by atoms with Crippen LogP contribution in [0.5, 0.6) is 0 Å². The van der Waals surface area contributed by atoms with Gasteiger partial charge in [-0.05, 0) is 48.8 Å². The molecular weight excluding hydrogens is 454 g/mol. The number of thiazole rings is 1. The first-order chi connectivity index (χ1) is 16.1. The minimum Gasteiger partial charge on any atom is -0.378 e. The molecule has 5 rings (SSSR count). The van der Waals surface area contributed by atoms with Crippen LogP contribution in [0, 0.1) is 11.3 Å². The maximum absolute atomic E-state index is 13.3. The number of hydrogen-bond donors (Lipinski definition) is 2. The Morgan fingerprint density at radius 2 is 2.03 bits per heavy atom. The standard InChI is InChI=1S/C24H31N5O4S/c1-15-11-23(2,3)14-24(12-15)20(31)29(21(32)27-24)13-19(30)25-16-4-5-17-18(10-16)34-22(26-17)28-6-8-33-9-7-28/h4-5,10,15H,6-9,11-14H2,1-3H3,(H,25,30)(H,27,32)/t15-,24-/m1/s1. The van der Waals surface area contributed by atoms with Crippen molar-refractivity contribution in [1.29, 1.82) is 0 Å². The van der Waals surface area contributed by atoms with Gasteiger partial charge in [-0.1, -0.05) is 32.1 Å². The molecule has 10 heteroatoms. The summed E-state index contributed by atoms with van der Waals surface area (Å²) in [6, 6.07) is 5.06. The Kier molecular flexibility index (Phi) is 5.76. The van der Waals surface area contributed by atoms with Crippen LogP contribution in [-0.2, 0) is 14.3 Å². The van der Waals surface area contributed by atoms with Crippen molar-refractivity contribution in [3.63, 3.8) is 0 Å². The highest BCUT2D eigenvalue weighted by molar-refractivity contribution is 7.22. The molecule has 1 saturated carbocycles. The van der Waals surface area contributed by atoms with E-state index >= 15 is 0 Å². The molecule has 3 fully saturated rings. The Balaban J connectivity index is 1.26. The molecule has 1 aliphatic carbocycles. The molecular formula is C24H31N5O4S. The van der Waals surface area contributed by atoms with Crippen molar-refractivity contribution >= 4 is 50.2 Å². The number of anilines is 2. The molecule has 1 spiro atoms. The van der Waals surface area contributed by atoms with Crippen molar-refractivity contribution in [2.75, 3.05) is 43.1 Å². The number of nitrogens with one attached hydrogen (secondary N) is 2. The molecule has 2 atom stereocenters. The molecule has 2 aliphatic heterocycles. The van der Waals surface area contributed by atoms with E-state index in [1.807, 2.05) is 12.1 Å². The molecule has 182 valence electrons. The molecule has 4 amide bonds. The minimum atomic E-state index is -0.907. The Morgan fingerprint density at radius 1 is 1.26 bits per heavy atom. The SMILES string of the molecule is C[C@@H]1CC(C)(C)C[C@@]2(C1)NC(=O)N(CC(=O)Nc1ccc3nc(N4CCOCC4)sc3c1)C2=O. The number of benzene rings is 1. The number of fused-ring (bicyclic) bond motifs is 1. The lowest BCUT2D eigenvalue weighted by Gasteiger charge is -2.43. The summed E-state index contributed by atoms with van der Waals surface area (Å²) in [4.78, 5) is 46.7. The van der Waals surface area contributed by atoms with Crippen LogP contribution in [0.25, 0.3) is 10.2 Å². The third-order valence-corrected chi connectivity index (χ3v) is 7.95. The Morgan fingerprint density at radius 3 is 2.76 bits per heavy atom. The molecule has 2 aromatic rings. The maximum atomic E-state index is 13.3. The van der Waals surface area contributed by atoms with E-state index in [-0.39, 0.29) is 17.9 Å². The number of nitrogens with zero attached hydrogens (tertiary/aromatic N) is 3. The molecule has 0 bridgehead atoms. The van der Waals surface area contributed by atoms with Gasteiger partial charge in [0, 0.05) is 18.8 Å². The highest BCUT2D eigenvalue weighted by Gasteiger charge is 2.56. The zero-order valence-corrected chi connectivity index (χ0v) is 20.7. The van der Waals surface area contributed by atoms with Gasteiger partial charge in [0.1, 0.15) is 12.1 Å². The van der Waals surface area contributed by atoms with Crippen molar-refractivity contribution in [1.82, 2.24) is 15.2 Å². The predicted molar refractivity (Wildman–Crippen MR) is 131 cm³/mol. The second kappa shape index (κ2) is 8.49. The summed E-state index contributed by atoms with van der Waals surface area (Å²) < 4.78 is 6.38. The molecule has 1 aromatic heterocycles. The number of rotatable bonds is 4. The van der Waals surface area contributed by atoms with Crippen LogP contribution in [-0.4, -0.2) is 66.1 Å². The summed E-state index contributed by atoms with van der Waals surface area (Å²) in [5, 5.41) is 6.70. The lowest BCUT2D eigenvalue weighted by molar-refractivity contribution is -0.136. The molecule has 2 N–H and O–H groups in total. The van der Waals surface area contributed by atoms with Crippen molar-refractivity contribution in [2.24, 2.45) is 11.3 Å². The van der Waals surface area contributed by atoms with Gasteiger partial charge in [0.2, 0.25) is 5.91 Å². The lowest BCUT2D eigenvalue weighted by atomic mass is 9.64. The summed E-state index contributed by atoms with van der Waals surface area (Å²) in [6.07, 6.45) is 2.19. The van der Waals surface area contributed by atoms with Crippen LogP contribution in [0.2, 0.25) is 0 Å². The number of carbonyl (C=O) groups is 3. The largest absolute Gasteiger partial charge is 0.378 e. The van der Waals surface area contributed by atoms with Crippen LogP contribution < -0.4 is 15.5 Å². The molecule has 3 heterocycles. The maximum Gasteiger partial charge on any atom is 0.325 e. The highest BCUT2D eigenvalue weighted by Crippen LogP contribution is 2.46. The Bertz CT molecular complexity index is 1140. The van der Waals surface area contributed by atoms with E-state index in [1.54, 1.807) is 17.4 Å². The van der Waals surface area contributed by atoms with E-state index in [9.17, 15) is 14.4 Å². The average molecular weight is 486 g/mol. The van der Waals surface area contributed by atoms with E-state index in [4.69, 9.17) is 9.72 Å². The van der Waals surface area contributed by atoms with Crippen molar-refractivity contribution in [2.45, 2.75) is 45.6 Å². The average Bonchev–Trinajstić information content (AvgIpc) is 3.27. The first-order valence-corrected chi connectivity index (χ1v) is 12.6. The number of imide groups is 1. The summed E-state index contributed by atoms with van der Waals surface area (Å²) >= 11 is 1.57. The molecule has 2 saturated heterocycles. The Hall–Kier alpha value is -2.72. The number of morpholine rings is 1. The van der Waals surface area contributed by atoms with Gasteiger partial charge >= 0.3 is 6.03 Å². The first kappa shape index (κ1) is 23.0. The smallest absolute Gasteiger partial charge is 0.325 e. The number of hydrogen-bond acceptors (Lipinski definition) is 7. The fourth-order valence-corrected chi connectivity index (χ4v) is 6.93. The van der Waals surface area contributed by atoms with Crippen LogP contribution in [0.3, 0.4) is 0 Å². The number of ether oxygens (including phenoxy) is 1. The molecule has 0 unspecified atom stereocenters. The van der Waals surface area contributed by atoms with Gasteiger partial charge in [-0.15, -0.1) is 0 Å². The van der Waals surface area contributed by atoms with Crippen molar-refractivity contribution in [3.05, 3.63) is 18.2 Å². The quantitative estimate of drug-likeness (QED) is 0.645. The van der Waals surface area contributed by atoms with Gasteiger partial charge in [-0.25, -0.2) is 9.78 Å². The van der Waals surface area contributed by atoms with Gasteiger partial charge in [0.05, 0.1) is 23.4 Å². The number of carbonyl (C=O) groups excluding carboxylic acids is 3. The van der Waals surface area contributed by atoms with Gasteiger partial charge in [0.15, 0.2) is 5.13 Å². The van der Waals surface area contributed by atoms with Gasteiger partial charge in [-0.3, -0.25) is 14.5 Å². The molecule has 3 aliphatic rings. The van der Waals surface area contributed by atoms with E-state index in [1.165, 1.54) is 0 Å². The summed E-state index contributed by atoms with van der Waals surface area (Å²) in [6.45, 7) is 9.06. The third-order valence-electron chi connectivity index (χ3n) is 6.87. The first-order valence-electron chi connectivity index (χ1n) is 11.8. The van der Waals surface area contributed by atoms with E-state index in [2.05, 4.69) is 36.3 Å². The minimum absolute atomic E-state index is 0.0525.